The highest BCUT2D eigenvalue weighted by molar-refractivity contribution is 7.92. The molecule has 0 atom stereocenters. The lowest BCUT2D eigenvalue weighted by Gasteiger charge is -2.08. The van der Waals surface area contributed by atoms with Gasteiger partial charge in [-0.3, -0.25) is 20.7 Å². The molecule has 2 rings (SSSR count). The van der Waals surface area contributed by atoms with Gasteiger partial charge in [-0.15, -0.1) is 0 Å². The largest absolute Gasteiger partial charge is 0.324 e. The second kappa shape index (κ2) is 5.45. The van der Waals surface area contributed by atoms with E-state index in [1.54, 1.807) is 16.8 Å². The molecule has 1 aromatic heterocycles. The number of nitrogens with zero attached hydrogens (tertiary/aromatic N) is 1. The average molecular weight is 314 g/mol. The molecule has 0 saturated carbocycles. The van der Waals surface area contributed by atoms with Crippen molar-refractivity contribution in [2.45, 2.75) is 4.90 Å². The molecule has 0 fully saturated rings. The van der Waals surface area contributed by atoms with E-state index in [1.807, 2.05) is 0 Å². The van der Waals surface area contributed by atoms with Crippen molar-refractivity contribution in [1.82, 2.24) is 0 Å². The first-order valence-corrected chi connectivity index (χ1v) is 7.67. The molecule has 1 aromatic carbocycles. The van der Waals surface area contributed by atoms with Crippen molar-refractivity contribution < 1.29 is 13.3 Å². The Morgan fingerprint density at radius 3 is 2.55 bits per heavy atom. The van der Waals surface area contributed by atoms with E-state index >= 15 is 0 Å². The second-order valence-corrected chi connectivity index (χ2v) is 6.13. The van der Waals surface area contributed by atoms with Gasteiger partial charge < -0.3 is 5.43 Å². The van der Waals surface area contributed by atoms with Crippen LogP contribution >= 0.6 is 11.3 Å². The van der Waals surface area contributed by atoms with Gasteiger partial charge in [0, 0.05) is 11.4 Å². The summed E-state index contributed by atoms with van der Waals surface area (Å²) < 4.78 is 26.7. The number of nitrogens with two attached hydrogens (primary N) is 1. The molecule has 0 unspecified atom stereocenters. The number of sulfonamides is 1. The minimum atomic E-state index is -4.07. The zero-order valence-corrected chi connectivity index (χ0v) is 11.6. The Hall–Kier alpha value is -2.17. The van der Waals surface area contributed by atoms with Crippen LogP contribution in [0.2, 0.25) is 0 Å². The van der Waals surface area contributed by atoms with E-state index in [4.69, 9.17) is 5.84 Å². The fourth-order valence-corrected chi connectivity index (χ4v) is 3.41. The van der Waals surface area contributed by atoms with E-state index in [0.717, 1.165) is 12.1 Å². The van der Waals surface area contributed by atoms with Gasteiger partial charge in [0.1, 0.15) is 0 Å². The maximum Gasteiger partial charge on any atom is 0.290 e. The molecule has 20 heavy (non-hydrogen) atoms. The van der Waals surface area contributed by atoms with Crippen LogP contribution in [0.3, 0.4) is 0 Å². The molecule has 10 heteroatoms. The fraction of sp³-hybridized carbons (Fsp3) is 0. The van der Waals surface area contributed by atoms with Crippen molar-refractivity contribution in [3.63, 3.8) is 0 Å². The van der Waals surface area contributed by atoms with Crippen molar-refractivity contribution in [3.8, 4) is 0 Å². The highest BCUT2D eigenvalue weighted by Crippen LogP contribution is 2.28. The molecule has 0 bridgehead atoms. The Kier molecular flexibility index (Phi) is 3.88. The smallest absolute Gasteiger partial charge is 0.290 e. The van der Waals surface area contributed by atoms with Crippen LogP contribution in [-0.2, 0) is 10.0 Å². The molecule has 0 amide bonds. The summed E-state index contributed by atoms with van der Waals surface area (Å²) >= 11 is 1.30. The van der Waals surface area contributed by atoms with E-state index in [0.29, 0.717) is 5.69 Å². The number of benzene rings is 1. The average Bonchev–Trinajstić information content (AvgIpc) is 2.90. The standard InChI is InChI=1S/C10H10N4O4S2/c11-12-7-1-2-9(14(15)16)10(5-7)20(17,18)13-8-3-4-19-6-8/h1-6,12-13H,11H2. The third-order valence-corrected chi connectivity index (χ3v) is 4.48. The van der Waals surface area contributed by atoms with E-state index in [9.17, 15) is 18.5 Å². The number of anilines is 2. The van der Waals surface area contributed by atoms with Gasteiger partial charge in [-0.05, 0) is 23.6 Å². The summed E-state index contributed by atoms with van der Waals surface area (Å²) in [5.41, 5.74) is 2.32. The molecular formula is C10H10N4O4S2. The second-order valence-electron chi connectivity index (χ2n) is 3.70. The molecule has 0 aliphatic heterocycles. The van der Waals surface area contributed by atoms with Crippen LogP contribution in [0, 0.1) is 10.1 Å². The van der Waals surface area contributed by atoms with Crippen LogP contribution < -0.4 is 16.0 Å². The highest BCUT2D eigenvalue weighted by atomic mass is 32.2. The van der Waals surface area contributed by atoms with Crippen LogP contribution in [0.1, 0.15) is 0 Å². The first-order valence-electron chi connectivity index (χ1n) is 5.24. The number of thiophene rings is 1. The summed E-state index contributed by atoms with van der Waals surface area (Å²) in [6.07, 6.45) is 0. The lowest BCUT2D eigenvalue weighted by atomic mass is 10.3. The Balaban J connectivity index is 2.51. The van der Waals surface area contributed by atoms with Gasteiger partial charge in [0.05, 0.1) is 16.3 Å². The molecular weight excluding hydrogens is 304 g/mol. The molecule has 0 radical (unpaired) electrons. The molecule has 106 valence electrons. The monoisotopic (exact) mass is 314 g/mol. The molecule has 8 nitrogen and oxygen atoms in total. The molecule has 1 heterocycles. The van der Waals surface area contributed by atoms with Crippen molar-refractivity contribution >= 4 is 38.4 Å². The van der Waals surface area contributed by atoms with Gasteiger partial charge in [-0.1, -0.05) is 0 Å². The predicted molar refractivity (Wildman–Crippen MR) is 76.0 cm³/mol. The molecule has 0 aliphatic carbocycles. The summed E-state index contributed by atoms with van der Waals surface area (Å²) in [6, 6.07) is 5.06. The van der Waals surface area contributed by atoms with E-state index in [1.165, 1.54) is 17.4 Å². The van der Waals surface area contributed by atoms with Gasteiger partial charge in [-0.25, -0.2) is 8.42 Å². The van der Waals surface area contributed by atoms with Crippen molar-refractivity contribution in [2.24, 2.45) is 5.84 Å². The van der Waals surface area contributed by atoms with Crippen LogP contribution in [0.5, 0.6) is 0 Å². The number of hydrazine groups is 1. The van der Waals surface area contributed by atoms with Crippen LogP contribution in [0.4, 0.5) is 17.1 Å². The minimum absolute atomic E-state index is 0.251. The summed E-state index contributed by atoms with van der Waals surface area (Å²) in [7, 11) is -4.07. The van der Waals surface area contributed by atoms with E-state index < -0.39 is 25.5 Å². The Morgan fingerprint density at radius 1 is 1.25 bits per heavy atom. The number of nitrogens with one attached hydrogen (secondary N) is 2. The Bertz CT molecular complexity index is 728. The van der Waals surface area contributed by atoms with Crippen molar-refractivity contribution in [2.75, 3.05) is 10.1 Å². The van der Waals surface area contributed by atoms with Crippen LogP contribution in [0.15, 0.2) is 39.9 Å². The first kappa shape index (κ1) is 14.2. The van der Waals surface area contributed by atoms with Gasteiger partial charge in [-0.2, -0.15) is 11.3 Å². The molecule has 0 aliphatic rings. The highest BCUT2D eigenvalue weighted by Gasteiger charge is 2.26. The quantitative estimate of drug-likeness (QED) is 0.438. The Labute approximate surface area is 118 Å². The summed E-state index contributed by atoms with van der Waals surface area (Å²) in [5.74, 6) is 5.19. The zero-order valence-electron chi connectivity index (χ0n) is 9.94. The van der Waals surface area contributed by atoms with Crippen molar-refractivity contribution in [1.29, 1.82) is 0 Å². The molecule has 2 aromatic rings. The van der Waals surface area contributed by atoms with Crippen molar-refractivity contribution in [3.05, 3.63) is 45.1 Å². The molecule has 4 N–H and O–H groups in total. The van der Waals surface area contributed by atoms with Gasteiger partial charge >= 0.3 is 0 Å². The zero-order chi connectivity index (χ0) is 14.8. The maximum atomic E-state index is 12.2. The fourth-order valence-electron chi connectivity index (χ4n) is 1.50. The lowest BCUT2D eigenvalue weighted by Crippen LogP contribution is -2.15. The number of nitrogen functional groups attached to an aromatic ring is 1. The predicted octanol–water partition coefficient (Wildman–Crippen LogP) is 1.74. The summed E-state index contributed by atoms with van der Waals surface area (Å²) in [5, 5.41) is 14.2. The SMILES string of the molecule is NNc1ccc([N+](=O)[O-])c(S(=O)(=O)Nc2ccsc2)c1. The van der Waals surface area contributed by atoms with E-state index in [-0.39, 0.29) is 5.69 Å². The molecule has 0 saturated heterocycles. The number of nitro benzene ring substituents is 1. The third kappa shape index (κ3) is 2.87. The van der Waals surface area contributed by atoms with Gasteiger partial charge in [0.2, 0.25) is 0 Å². The van der Waals surface area contributed by atoms with Crippen LogP contribution in [-0.4, -0.2) is 13.3 Å². The van der Waals surface area contributed by atoms with Crippen LogP contribution in [0.25, 0.3) is 0 Å². The summed E-state index contributed by atoms with van der Waals surface area (Å²) in [6.45, 7) is 0. The number of rotatable bonds is 5. The topological polar surface area (TPSA) is 127 Å². The third-order valence-electron chi connectivity index (χ3n) is 2.39. The lowest BCUT2D eigenvalue weighted by molar-refractivity contribution is -0.387. The van der Waals surface area contributed by atoms with E-state index in [2.05, 4.69) is 10.1 Å². The number of nitro groups is 1. The summed E-state index contributed by atoms with van der Waals surface area (Å²) in [4.78, 5) is 9.72. The first-order chi connectivity index (χ1) is 9.44. The minimum Gasteiger partial charge on any atom is -0.324 e. The van der Waals surface area contributed by atoms with Gasteiger partial charge in [0.15, 0.2) is 4.90 Å². The van der Waals surface area contributed by atoms with Gasteiger partial charge in [0.25, 0.3) is 15.7 Å². The Morgan fingerprint density at radius 2 is 2.00 bits per heavy atom. The number of hydrogen-bond donors (Lipinski definition) is 3. The normalized spacial score (nSPS) is 11.1. The molecule has 0 spiro atoms. The number of hydrogen-bond acceptors (Lipinski definition) is 7. The maximum absolute atomic E-state index is 12.2.